The summed E-state index contributed by atoms with van der Waals surface area (Å²) in [5.74, 6) is 0.410. The fourth-order valence-electron chi connectivity index (χ4n) is 3.77. The van der Waals surface area contributed by atoms with Gasteiger partial charge in [0, 0.05) is 6.54 Å². The maximum atomic E-state index is 11.7. The molecule has 142 valence electrons. The molecule has 1 atom stereocenters. The second kappa shape index (κ2) is 6.57. The largest absolute Gasteiger partial charge is 0.494 e. The first-order valence-corrected chi connectivity index (χ1v) is 9.50. The molecule has 0 bridgehead atoms. The molecule has 0 radical (unpaired) electrons. The van der Waals surface area contributed by atoms with Crippen LogP contribution in [-0.4, -0.2) is 41.0 Å². The number of hydrogen-bond acceptors (Lipinski definition) is 3. The predicted octanol–water partition coefficient (Wildman–Crippen LogP) is 3.61. The molecule has 1 N–H and O–H groups in total. The first kappa shape index (κ1) is 19.2. The molecule has 3 rings (SSSR count). The van der Waals surface area contributed by atoms with E-state index in [1.165, 1.54) is 5.56 Å². The smallest absolute Gasteiger partial charge is 0.465 e. The van der Waals surface area contributed by atoms with Crippen molar-refractivity contribution in [3.63, 3.8) is 0 Å². The van der Waals surface area contributed by atoms with Crippen molar-refractivity contribution in [3.8, 4) is 0 Å². The molecule has 0 aliphatic carbocycles. The monoisotopic (exact) mass is 359 g/mol. The summed E-state index contributed by atoms with van der Waals surface area (Å²) >= 11 is 0. The molecule has 2 aliphatic rings. The summed E-state index contributed by atoms with van der Waals surface area (Å²) in [5.41, 5.74) is 2.51. The fraction of sp³-hybridized carbons (Fsp3) is 0.650. The zero-order chi connectivity index (χ0) is 19.3. The van der Waals surface area contributed by atoms with Gasteiger partial charge in [0.05, 0.1) is 17.2 Å². The normalized spacial score (nSPS) is 24.0. The topological polar surface area (TPSA) is 59.0 Å². The fourth-order valence-corrected chi connectivity index (χ4v) is 3.77. The van der Waals surface area contributed by atoms with Gasteiger partial charge in [0.15, 0.2) is 0 Å². The lowest BCUT2D eigenvalue weighted by atomic mass is 9.75. The number of carbonyl (C=O) groups is 1. The van der Waals surface area contributed by atoms with Crippen molar-refractivity contribution < 1.29 is 19.2 Å². The Morgan fingerprint density at radius 3 is 2.42 bits per heavy atom. The van der Waals surface area contributed by atoms with Gasteiger partial charge < -0.3 is 19.3 Å². The minimum Gasteiger partial charge on any atom is -0.465 e. The number of amides is 1. The molecule has 26 heavy (non-hydrogen) atoms. The molecule has 0 saturated carbocycles. The summed E-state index contributed by atoms with van der Waals surface area (Å²) in [6.45, 7) is 13.0. The van der Waals surface area contributed by atoms with Crippen LogP contribution in [0.15, 0.2) is 18.2 Å². The second-order valence-electron chi connectivity index (χ2n) is 8.92. The third-order valence-corrected chi connectivity index (χ3v) is 5.99. The molecular weight excluding hydrogens is 329 g/mol. The molecule has 1 fully saturated rings. The Hall–Kier alpha value is -1.53. The van der Waals surface area contributed by atoms with Crippen molar-refractivity contribution in [2.75, 3.05) is 6.54 Å². The van der Waals surface area contributed by atoms with E-state index >= 15 is 0 Å². The highest BCUT2D eigenvalue weighted by Gasteiger charge is 2.51. The Labute approximate surface area is 156 Å². The molecule has 1 amide bonds. The van der Waals surface area contributed by atoms with Crippen molar-refractivity contribution in [2.45, 2.75) is 71.6 Å². The van der Waals surface area contributed by atoms with Crippen molar-refractivity contribution in [2.24, 2.45) is 5.92 Å². The Morgan fingerprint density at radius 2 is 1.88 bits per heavy atom. The van der Waals surface area contributed by atoms with Gasteiger partial charge in [-0.05, 0) is 63.0 Å². The lowest BCUT2D eigenvalue weighted by Gasteiger charge is -2.36. The van der Waals surface area contributed by atoms with Crippen LogP contribution in [0.2, 0.25) is 0 Å². The minimum absolute atomic E-state index is 0.112. The van der Waals surface area contributed by atoms with Crippen LogP contribution < -0.4 is 5.46 Å². The van der Waals surface area contributed by atoms with Crippen LogP contribution in [0.4, 0.5) is 4.79 Å². The van der Waals surface area contributed by atoms with E-state index in [9.17, 15) is 9.90 Å². The zero-order valence-corrected chi connectivity index (χ0v) is 16.7. The molecule has 1 saturated heterocycles. The maximum absolute atomic E-state index is 11.7. The van der Waals surface area contributed by atoms with E-state index in [1.807, 2.05) is 27.7 Å². The third-order valence-electron chi connectivity index (χ3n) is 5.99. The average Bonchev–Trinajstić information content (AvgIpc) is 2.74. The number of carboxylic acid groups (broad SMARTS) is 1. The Balaban J connectivity index is 1.96. The number of hydrogen-bond donors (Lipinski definition) is 1. The summed E-state index contributed by atoms with van der Waals surface area (Å²) in [6, 6.07) is 6.16. The number of fused-ring (bicyclic) bond motifs is 1. The SMILES string of the molecule is CC(C)CC1c2cc(B3OC(C)(C)C(C)(C)O3)ccc2CCN1C(=O)O. The molecule has 0 aromatic heterocycles. The minimum atomic E-state index is -0.845. The van der Waals surface area contributed by atoms with Gasteiger partial charge in [-0.3, -0.25) is 0 Å². The van der Waals surface area contributed by atoms with Gasteiger partial charge in [-0.15, -0.1) is 0 Å². The van der Waals surface area contributed by atoms with Crippen LogP contribution in [0.5, 0.6) is 0 Å². The van der Waals surface area contributed by atoms with Gasteiger partial charge in [0.25, 0.3) is 0 Å². The van der Waals surface area contributed by atoms with E-state index < -0.39 is 24.4 Å². The summed E-state index contributed by atoms with van der Waals surface area (Å²) < 4.78 is 12.4. The van der Waals surface area contributed by atoms with Gasteiger partial charge in [-0.2, -0.15) is 0 Å². The van der Waals surface area contributed by atoms with E-state index in [2.05, 4.69) is 32.0 Å². The first-order valence-electron chi connectivity index (χ1n) is 9.50. The van der Waals surface area contributed by atoms with Crippen LogP contribution in [0.25, 0.3) is 0 Å². The third kappa shape index (κ3) is 3.37. The molecule has 6 heteroatoms. The van der Waals surface area contributed by atoms with Crippen LogP contribution in [-0.2, 0) is 15.7 Å². The van der Waals surface area contributed by atoms with E-state index in [0.29, 0.717) is 12.5 Å². The van der Waals surface area contributed by atoms with E-state index in [1.54, 1.807) is 4.90 Å². The lowest BCUT2D eigenvalue weighted by molar-refractivity contribution is 0.00578. The summed E-state index contributed by atoms with van der Waals surface area (Å²) in [4.78, 5) is 13.3. The molecule has 5 nitrogen and oxygen atoms in total. The van der Waals surface area contributed by atoms with Gasteiger partial charge in [-0.1, -0.05) is 32.0 Å². The molecule has 1 unspecified atom stereocenters. The standard InChI is InChI=1S/C20H30BNO4/c1-13(2)11-17-16-12-15(21-25-19(3,4)20(5,6)26-21)8-7-14(16)9-10-22(17)18(23)24/h7-8,12-13,17H,9-11H2,1-6H3,(H,23,24). The molecule has 1 aromatic rings. The number of rotatable bonds is 3. The van der Waals surface area contributed by atoms with Crippen molar-refractivity contribution in [1.29, 1.82) is 0 Å². The predicted molar refractivity (Wildman–Crippen MR) is 103 cm³/mol. The van der Waals surface area contributed by atoms with Gasteiger partial charge in [0.1, 0.15) is 0 Å². The Kier molecular flexibility index (Phi) is 4.86. The highest BCUT2D eigenvalue weighted by atomic mass is 16.7. The zero-order valence-electron chi connectivity index (χ0n) is 16.7. The van der Waals surface area contributed by atoms with Crippen LogP contribution in [0.3, 0.4) is 0 Å². The van der Waals surface area contributed by atoms with Gasteiger partial charge >= 0.3 is 13.2 Å². The highest BCUT2D eigenvalue weighted by Crippen LogP contribution is 2.38. The summed E-state index contributed by atoms with van der Waals surface area (Å²) in [5, 5.41) is 9.64. The number of benzene rings is 1. The van der Waals surface area contributed by atoms with Crippen LogP contribution in [0.1, 0.15) is 65.1 Å². The quantitative estimate of drug-likeness (QED) is 0.838. The molecule has 1 aromatic carbocycles. The van der Waals surface area contributed by atoms with Crippen molar-refractivity contribution in [3.05, 3.63) is 29.3 Å². The summed E-state index contributed by atoms with van der Waals surface area (Å²) in [7, 11) is -0.426. The molecule has 2 heterocycles. The molecule has 2 aliphatic heterocycles. The lowest BCUT2D eigenvalue weighted by Crippen LogP contribution is -2.41. The van der Waals surface area contributed by atoms with Gasteiger partial charge in [0.2, 0.25) is 0 Å². The molecule has 0 spiro atoms. The van der Waals surface area contributed by atoms with Crippen molar-refractivity contribution >= 4 is 18.7 Å². The maximum Gasteiger partial charge on any atom is 0.494 e. The Morgan fingerprint density at radius 1 is 1.27 bits per heavy atom. The van der Waals surface area contributed by atoms with E-state index in [4.69, 9.17) is 9.31 Å². The van der Waals surface area contributed by atoms with E-state index in [-0.39, 0.29) is 6.04 Å². The van der Waals surface area contributed by atoms with Crippen LogP contribution in [0, 0.1) is 5.92 Å². The first-order chi connectivity index (χ1) is 12.0. The second-order valence-corrected chi connectivity index (χ2v) is 8.92. The average molecular weight is 359 g/mol. The molecular formula is C20H30BNO4. The Bertz CT molecular complexity index is 685. The van der Waals surface area contributed by atoms with E-state index in [0.717, 1.165) is 23.9 Å². The van der Waals surface area contributed by atoms with Gasteiger partial charge in [-0.25, -0.2) is 4.79 Å². The highest BCUT2D eigenvalue weighted by molar-refractivity contribution is 6.62. The summed E-state index contributed by atoms with van der Waals surface area (Å²) in [6.07, 6.45) is 0.716. The van der Waals surface area contributed by atoms with Crippen molar-refractivity contribution in [1.82, 2.24) is 4.90 Å². The van der Waals surface area contributed by atoms with Crippen LogP contribution >= 0.6 is 0 Å². The number of nitrogens with zero attached hydrogens (tertiary/aromatic N) is 1.